The number of ether oxygens (including phenoxy) is 2. The SMILES string of the molecule is O=C(CN1CCOCC1)c1ccc(OCCCCl)cc1. The van der Waals surface area contributed by atoms with Crippen molar-refractivity contribution in [3.05, 3.63) is 29.8 Å². The smallest absolute Gasteiger partial charge is 0.176 e. The van der Waals surface area contributed by atoms with Crippen molar-refractivity contribution in [3.63, 3.8) is 0 Å². The van der Waals surface area contributed by atoms with Crippen molar-refractivity contribution in [1.29, 1.82) is 0 Å². The van der Waals surface area contributed by atoms with E-state index in [1.165, 1.54) is 0 Å². The largest absolute Gasteiger partial charge is 0.494 e. The number of hydrogen-bond acceptors (Lipinski definition) is 4. The Kier molecular flexibility index (Phi) is 6.30. The van der Waals surface area contributed by atoms with Crippen LogP contribution in [0.5, 0.6) is 5.75 Å². The second-order valence-electron chi connectivity index (χ2n) is 4.73. The minimum Gasteiger partial charge on any atom is -0.494 e. The fourth-order valence-electron chi connectivity index (χ4n) is 2.04. The lowest BCUT2D eigenvalue weighted by Crippen LogP contribution is -2.39. The third kappa shape index (κ3) is 4.78. The molecule has 1 aliphatic rings. The summed E-state index contributed by atoms with van der Waals surface area (Å²) < 4.78 is 10.8. The summed E-state index contributed by atoms with van der Waals surface area (Å²) in [6.07, 6.45) is 0.819. The first kappa shape index (κ1) is 15.3. The molecule has 20 heavy (non-hydrogen) atoms. The van der Waals surface area contributed by atoms with Crippen LogP contribution >= 0.6 is 11.6 Å². The van der Waals surface area contributed by atoms with E-state index in [0.29, 0.717) is 32.2 Å². The quantitative estimate of drug-likeness (QED) is 0.439. The van der Waals surface area contributed by atoms with E-state index in [-0.39, 0.29) is 5.78 Å². The summed E-state index contributed by atoms with van der Waals surface area (Å²) in [5.74, 6) is 1.51. The summed E-state index contributed by atoms with van der Waals surface area (Å²) in [6.45, 7) is 4.12. The van der Waals surface area contributed by atoms with Gasteiger partial charge in [-0.25, -0.2) is 0 Å². The molecule has 1 saturated heterocycles. The number of Topliss-reactive ketones (excluding diaryl/α,β-unsaturated/α-hetero) is 1. The lowest BCUT2D eigenvalue weighted by molar-refractivity contribution is 0.0371. The van der Waals surface area contributed by atoms with E-state index in [2.05, 4.69) is 4.90 Å². The van der Waals surface area contributed by atoms with Crippen molar-refractivity contribution in [2.24, 2.45) is 0 Å². The van der Waals surface area contributed by atoms with Crippen molar-refractivity contribution in [2.45, 2.75) is 6.42 Å². The molecule has 0 saturated carbocycles. The van der Waals surface area contributed by atoms with E-state index in [0.717, 1.165) is 30.8 Å². The molecule has 4 nitrogen and oxygen atoms in total. The number of carbonyl (C=O) groups is 1. The van der Waals surface area contributed by atoms with Gasteiger partial charge < -0.3 is 9.47 Å². The van der Waals surface area contributed by atoms with Crippen LogP contribution in [0.2, 0.25) is 0 Å². The number of rotatable bonds is 7. The maximum Gasteiger partial charge on any atom is 0.176 e. The predicted octanol–water partition coefficient (Wildman–Crippen LogP) is 2.21. The molecule has 0 aliphatic carbocycles. The summed E-state index contributed by atoms with van der Waals surface area (Å²) in [5.41, 5.74) is 0.723. The first-order valence-electron chi connectivity index (χ1n) is 6.92. The summed E-state index contributed by atoms with van der Waals surface area (Å²) in [4.78, 5) is 14.3. The Bertz CT molecular complexity index is 416. The van der Waals surface area contributed by atoms with Crippen LogP contribution in [0.25, 0.3) is 0 Å². The molecule has 0 spiro atoms. The van der Waals surface area contributed by atoms with Crippen molar-refractivity contribution in [3.8, 4) is 5.75 Å². The molecule has 110 valence electrons. The first-order chi connectivity index (χ1) is 9.79. The van der Waals surface area contributed by atoms with Gasteiger partial charge in [-0.3, -0.25) is 9.69 Å². The topological polar surface area (TPSA) is 38.8 Å². The molecule has 5 heteroatoms. The maximum atomic E-state index is 12.1. The summed E-state index contributed by atoms with van der Waals surface area (Å²) >= 11 is 5.59. The Morgan fingerprint density at radius 2 is 1.95 bits per heavy atom. The number of carbonyl (C=O) groups excluding carboxylic acids is 1. The van der Waals surface area contributed by atoms with Gasteiger partial charge in [0, 0.05) is 24.5 Å². The van der Waals surface area contributed by atoms with E-state index in [1.807, 2.05) is 24.3 Å². The Hall–Kier alpha value is -1.10. The monoisotopic (exact) mass is 297 g/mol. The second-order valence-corrected chi connectivity index (χ2v) is 5.11. The summed E-state index contributed by atoms with van der Waals surface area (Å²) in [5, 5.41) is 0. The zero-order valence-corrected chi connectivity index (χ0v) is 12.3. The van der Waals surface area contributed by atoms with E-state index >= 15 is 0 Å². The molecule has 1 aromatic rings. The lowest BCUT2D eigenvalue weighted by Gasteiger charge is -2.25. The highest BCUT2D eigenvalue weighted by atomic mass is 35.5. The molecule has 0 radical (unpaired) electrons. The summed E-state index contributed by atoms with van der Waals surface area (Å²) in [7, 11) is 0. The average Bonchev–Trinajstić information content (AvgIpc) is 2.49. The van der Waals surface area contributed by atoms with E-state index in [1.54, 1.807) is 0 Å². The van der Waals surface area contributed by atoms with Gasteiger partial charge in [-0.1, -0.05) is 0 Å². The van der Waals surface area contributed by atoms with Crippen LogP contribution in [0.1, 0.15) is 16.8 Å². The normalized spacial score (nSPS) is 16.1. The van der Waals surface area contributed by atoms with Gasteiger partial charge in [-0.2, -0.15) is 0 Å². The maximum absolute atomic E-state index is 12.1. The van der Waals surface area contributed by atoms with Crippen LogP contribution < -0.4 is 4.74 Å². The van der Waals surface area contributed by atoms with Gasteiger partial charge in [0.2, 0.25) is 0 Å². The molecule has 1 fully saturated rings. The van der Waals surface area contributed by atoms with Crippen LogP contribution in [0, 0.1) is 0 Å². The van der Waals surface area contributed by atoms with Gasteiger partial charge in [0.05, 0.1) is 26.4 Å². The molecular formula is C15H20ClNO3. The zero-order chi connectivity index (χ0) is 14.2. The van der Waals surface area contributed by atoms with Crippen LogP contribution in [0.4, 0.5) is 0 Å². The van der Waals surface area contributed by atoms with Gasteiger partial charge in [0.15, 0.2) is 5.78 Å². The highest BCUT2D eigenvalue weighted by Gasteiger charge is 2.15. The second kappa shape index (κ2) is 8.25. The van der Waals surface area contributed by atoms with Gasteiger partial charge in [0.1, 0.15) is 5.75 Å². The average molecular weight is 298 g/mol. The highest BCUT2D eigenvalue weighted by Crippen LogP contribution is 2.13. The van der Waals surface area contributed by atoms with Crippen LogP contribution in [-0.2, 0) is 4.74 Å². The zero-order valence-electron chi connectivity index (χ0n) is 11.5. The first-order valence-corrected chi connectivity index (χ1v) is 7.45. The van der Waals surface area contributed by atoms with Crippen LogP contribution in [-0.4, -0.2) is 56.0 Å². The molecule has 1 heterocycles. The fraction of sp³-hybridized carbons (Fsp3) is 0.533. The van der Waals surface area contributed by atoms with E-state index < -0.39 is 0 Å². The molecule has 0 bridgehead atoms. The minimum atomic E-state index is 0.138. The van der Waals surface area contributed by atoms with Crippen LogP contribution in [0.3, 0.4) is 0 Å². The number of benzene rings is 1. The molecule has 0 aromatic heterocycles. The third-order valence-corrected chi connectivity index (χ3v) is 3.46. The number of ketones is 1. The Labute approximate surface area is 124 Å². The molecular weight excluding hydrogens is 278 g/mol. The third-order valence-electron chi connectivity index (χ3n) is 3.19. The molecule has 1 aromatic carbocycles. The molecule has 0 unspecified atom stereocenters. The number of morpholine rings is 1. The summed E-state index contributed by atoms with van der Waals surface area (Å²) in [6, 6.07) is 7.30. The van der Waals surface area contributed by atoms with Gasteiger partial charge in [-0.15, -0.1) is 11.6 Å². The van der Waals surface area contributed by atoms with E-state index in [9.17, 15) is 4.79 Å². The van der Waals surface area contributed by atoms with Crippen molar-refractivity contribution >= 4 is 17.4 Å². The lowest BCUT2D eigenvalue weighted by atomic mass is 10.1. The van der Waals surface area contributed by atoms with Gasteiger partial charge >= 0.3 is 0 Å². The number of hydrogen-bond donors (Lipinski definition) is 0. The van der Waals surface area contributed by atoms with Gasteiger partial charge in [-0.05, 0) is 30.7 Å². The standard InChI is InChI=1S/C15H20ClNO3/c16-6-1-9-20-14-4-2-13(3-5-14)15(18)12-17-7-10-19-11-8-17/h2-5H,1,6-12H2. The Morgan fingerprint density at radius 3 is 2.60 bits per heavy atom. The van der Waals surface area contributed by atoms with Crippen molar-refractivity contribution in [1.82, 2.24) is 4.90 Å². The van der Waals surface area contributed by atoms with Crippen molar-refractivity contribution < 1.29 is 14.3 Å². The Morgan fingerprint density at radius 1 is 1.25 bits per heavy atom. The molecule has 0 atom stereocenters. The number of halogens is 1. The molecule has 0 N–H and O–H groups in total. The van der Waals surface area contributed by atoms with E-state index in [4.69, 9.17) is 21.1 Å². The fourth-order valence-corrected chi connectivity index (χ4v) is 2.14. The molecule has 1 aliphatic heterocycles. The van der Waals surface area contributed by atoms with Crippen LogP contribution in [0.15, 0.2) is 24.3 Å². The number of nitrogens with zero attached hydrogens (tertiary/aromatic N) is 1. The number of alkyl halides is 1. The van der Waals surface area contributed by atoms with Gasteiger partial charge in [0.25, 0.3) is 0 Å². The Balaban J connectivity index is 1.83. The molecule has 0 amide bonds. The van der Waals surface area contributed by atoms with Crippen molar-refractivity contribution in [2.75, 3.05) is 45.3 Å². The predicted molar refractivity (Wildman–Crippen MR) is 78.9 cm³/mol. The highest BCUT2D eigenvalue weighted by molar-refractivity contribution is 6.17. The molecule has 2 rings (SSSR count). The minimum absolute atomic E-state index is 0.138.